The highest BCUT2D eigenvalue weighted by molar-refractivity contribution is 6.09. The topological polar surface area (TPSA) is 108 Å². The highest BCUT2D eigenvalue weighted by Gasteiger charge is 2.55. The van der Waals surface area contributed by atoms with E-state index in [4.69, 9.17) is 0 Å². The molecule has 1 aliphatic heterocycles. The maximum Gasteiger partial charge on any atom is 0.325 e. The Bertz CT molecular complexity index is 837. The van der Waals surface area contributed by atoms with Gasteiger partial charge in [-0.15, -0.1) is 0 Å². The van der Waals surface area contributed by atoms with Gasteiger partial charge in [0.15, 0.2) is 0 Å². The fourth-order valence-electron chi connectivity index (χ4n) is 4.08. The number of rotatable bonds is 3. The fraction of sp³-hybridized carbons (Fsp3) is 0.500. The van der Waals surface area contributed by atoms with Gasteiger partial charge in [-0.2, -0.15) is 0 Å². The summed E-state index contributed by atoms with van der Waals surface area (Å²) in [6.07, 6.45) is 3.33. The molecule has 2 atom stereocenters. The van der Waals surface area contributed by atoms with Gasteiger partial charge in [-0.05, 0) is 44.2 Å². The number of hydrogen-bond donors (Lipinski definition) is 3. The zero-order chi connectivity index (χ0) is 20.5. The largest absolute Gasteiger partial charge is 0.325 e. The third-order valence-corrected chi connectivity index (χ3v) is 5.75. The van der Waals surface area contributed by atoms with E-state index in [0.717, 1.165) is 35.3 Å². The SMILES string of the molecule is Cc1ccc(C(=O)NNC(=O)CN2C(=O)N[C@@]3(CCCC[C@@H]3C)C2=O)c(C)c1. The summed E-state index contributed by atoms with van der Waals surface area (Å²) in [5, 5.41) is 2.80. The first kappa shape index (κ1) is 19.9. The molecule has 0 bridgehead atoms. The summed E-state index contributed by atoms with van der Waals surface area (Å²) in [5.74, 6) is -1.43. The summed E-state index contributed by atoms with van der Waals surface area (Å²) >= 11 is 0. The van der Waals surface area contributed by atoms with Crippen molar-refractivity contribution in [3.63, 3.8) is 0 Å². The lowest BCUT2D eigenvalue weighted by molar-refractivity contribution is -0.137. The van der Waals surface area contributed by atoms with Crippen LogP contribution in [0.5, 0.6) is 0 Å². The van der Waals surface area contributed by atoms with Gasteiger partial charge in [-0.3, -0.25) is 30.1 Å². The van der Waals surface area contributed by atoms with Gasteiger partial charge >= 0.3 is 6.03 Å². The van der Waals surface area contributed by atoms with Gasteiger partial charge in [0.25, 0.3) is 17.7 Å². The third-order valence-electron chi connectivity index (χ3n) is 5.75. The maximum atomic E-state index is 12.9. The van der Waals surface area contributed by atoms with E-state index in [1.54, 1.807) is 6.07 Å². The molecule has 0 radical (unpaired) electrons. The van der Waals surface area contributed by atoms with Crippen molar-refractivity contribution in [3.8, 4) is 0 Å². The molecule has 1 heterocycles. The number of hydrazine groups is 1. The molecular weight excluding hydrogens is 360 g/mol. The molecule has 1 aromatic carbocycles. The van der Waals surface area contributed by atoms with Crippen LogP contribution in [0.15, 0.2) is 18.2 Å². The van der Waals surface area contributed by atoms with Gasteiger partial charge in [-0.25, -0.2) is 4.79 Å². The van der Waals surface area contributed by atoms with Crippen molar-refractivity contribution >= 4 is 23.8 Å². The molecule has 2 fully saturated rings. The Kier molecular flexibility index (Phi) is 5.40. The van der Waals surface area contributed by atoms with Crippen LogP contribution in [0.25, 0.3) is 0 Å². The van der Waals surface area contributed by atoms with Crippen molar-refractivity contribution in [2.24, 2.45) is 5.92 Å². The van der Waals surface area contributed by atoms with Crippen LogP contribution in [0.2, 0.25) is 0 Å². The average Bonchev–Trinajstić information content (AvgIpc) is 2.87. The third kappa shape index (κ3) is 3.58. The number of nitrogens with one attached hydrogen (secondary N) is 3. The summed E-state index contributed by atoms with van der Waals surface area (Å²) in [7, 11) is 0. The van der Waals surface area contributed by atoms with Gasteiger partial charge in [0.2, 0.25) is 0 Å². The van der Waals surface area contributed by atoms with Crippen molar-refractivity contribution in [2.45, 2.75) is 52.0 Å². The predicted octanol–water partition coefficient (Wildman–Crippen LogP) is 1.57. The molecule has 1 aromatic rings. The Morgan fingerprint density at radius 1 is 1.21 bits per heavy atom. The Morgan fingerprint density at radius 3 is 2.64 bits per heavy atom. The lowest BCUT2D eigenvalue weighted by Gasteiger charge is -2.36. The monoisotopic (exact) mass is 386 g/mol. The second-order valence-electron chi connectivity index (χ2n) is 7.76. The van der Waals surface area contributed by atoms with Gasteiger partial charge in [-0.1, -0.05) is 37.5 Å². The molecular formula is C20H26N4O4. The van der Waals surface area contributed by atoms with E-state index in [-0.39, 0.29) is 11.8 Å². The average molecular weight is 386 g/mol. The summed E-state index contributed by atoms with van der Waals surface area (Å²) in [4.78, 5) is 50.5. The lowest BCUT2D eigenvalue weighted by atomic mass is 9.73. The first-order chi connectivity index (χ1) is 13.2. The van der Waals surface area contributed by atoms with Crippen molar-refractivity contribution in [2.75, 3.05) is 6.54 Å². The quantitative estimate of drug-likeness (QED) is 0.541. The normalized spacial score (nSPS) is 24.2. The van der Waals surface area contributed by atoms with Crippen molar-refractivity contribution in [1.29, 1.82) is 0 Å². The molecule has 2 aliphatic rings. The first-order valence-corrected chi connectivity index (χ1v) is 9.55. The van der Waals surface area contributed by atoms with Crippen LogP contribution in [0.4, 0.5) is 4.79 Å². The molecule has 8 heteroatoms. The highest BCUT2D eigenvalue weighted by atomic mass is 16.2. The lowest BCUT2D eigenvalue weighted by Crippen LogP contribution is -2.54. The second kappa shape index (κ2) is 7.61. The predicted molar refractivity (Wildman–Crippen MR) is 102 cm³/mol. The van der Waals surface area contributed by atoms with Crippen molar-refractivity contribution < 1.29 is 19.2 Å². The molecule has 150 valence electrons. The summed E-state index contributed by atoms with van der Waals surface area (Å²) in [6, 6.07) is 4.79. The molecule has 5 amide bonds. The van der Waals surface area contributed by atoms with Crippen LogP contribution >= 0.6 is 0 Å². The Hall–Kier alpha value is -2.90. The van der Waals surface area contributed by atoms with E-state index in [9.17, 15) is 19.2 Å². The Balaban J connectivity index is 1.59. The number of amides is 5. The molecule has 8 nitrogen and oxygen atoms in total. The van der Waals surface area contributed by atoms with E-state index < -0.39 is 29.9 Å². The molecule has 1 saturated heterocycles. The van der Waals surface area contributed by atoms with Crippen molar-refractivity contribution in [3.05, 3.63) is 34.9 Å². The van der Waals surface area contributed by atoms with Gasteiger partial charge in [0.05, 0.1) is 0 Å². The van der Waals surface area contributed by atoms with Gasteiger partial charge < -0.3 is 5.32 Å². The van der Waals surface area contributed by atoms with E-state index in [1.807, 2.05) is 32.9 Å². The molecule has 3 rings (SSSR count). The summed E-state index contributed by atoms with van der Waals surface area (Å²) in [5.41, 5.74) is 5.97. The van der Waals surface area contributed by atoms with Gasteiger partial charge in [0.1, 0.15) is 12.1 Å². The zero-order valence-corrected chi connectivity index (χ0v) is 16.4. The standard InChI is InChI=1S/C20H26N4O4/c1-12-7-8-15(13(2)10-12)17(26)23-22-16(25)11-24-18(27)20(21-19(24)28)9-5-4-6-14(20)3/h7-8,10,14H,4-6,9,11H2,1-3H3,(H,21,28)(H,22,25)(H,23,26)/t14-,20+/m0/s1. The van der Waals surface area contributed by atoms with E-state index in [2.05, 4.69) is 16.2 Å². The van der Waals surface area contributed by atoms with E-state index in [1.165, 1.54) is 0 Å². The van der Waals surface area contributed by atoms with E-state index >= 15 is 0 Å². The minimum atomic E-state index is -0.905. The van der Waals surface area contributed by atoms with Crippen LogP contribution < -0.4 is 16.2 Å². The van der Waals surface area contributed by atoms with E-state index in [0.29, 0.717) is 12.0 Å². The number of imide groups is 1. The smallest absolute Gasteiger partial charge is 0.323 e. The van der Waals surface area contributed by atoms with Crippen LogP contribution in [0.3, 0.4) is 0 Å². The molecule has 1 aliphatic carbocycles. The number of carbonyl (C=O) groups excluding carboxylic acids is 4. The highest BCUT2D eigenvalue weighted by Crippen LogP contribution is 2.38. The number of hydrogen-bond acceptors (Lipinski definition) is 4. The Labute approximate surface area is 164 Å². The molecule has 28 heavy (non-hydrogen) atoms. The number of carbonyl (C=O) groups is 4. The summed E-state index contributed by atoms with van der Waals surface area (Å²) < 4.78 is 0. The number of urea groups is 1. The molecule has 0 unspecified atom stereocenters. The van der Waals surface area contributed by atoms with Crippen LogP contribution in [0.1, 0.15) is 54.1 Å². The fourth-order valence-corrected chi connectivity index (χ4v) is 4.08. The first-order valence-electron chi connectivity index (χ1n) is 9.55. The molecule has 3 N–H and O–H groups in total. The van der Waals surface area contributed by atoms with Crippen LogP contribution in [0, 0.1) is 19.8 Å². The zero-order valence-electron chi connectivity index (χ0n) is 16.4. The molecule has 1 saturated carbocycles. The number of aryl methyl sites for hydroxylation is 2. The van der Waals surface area contributed by atoms with Crippen molar-refractivity contribution in [1.82, 2.24) is 21.1 Å². The Morgan fingerprint density at radius 2 is 1.96 bits per heavy atom. The van der Waals surface area contributed by atoms with Crippen LogP contribution in [-0.2, 0) is 9.59 Å². The number of benzene rings is 1. The minimum absolute atomic E-state index is 0.0231. The maximum absolute atomic E-state index is 12.9. The number of nitrogens with zero attached hydrogens (tertiary/aromatic N) is 1. The molecule has 0 aromatic heterocycles. The van der Waals surface area contributed by atoms with Crippen LogP contribution in [-0.4, -0.2) is 40.7 Å². The molecule has 1 spiro atoms. The summed E-state index contributed by atoms with van der Waals surface area (Å²) in [6.45, 7) is 5.24. The minimum Gasteiger partial charge on any atom is -0.323 e. The van der Waals surface area contributed by atoms with Gasteiger partial charge in [0, 0.05) is 5.56 Å². The second-order valence-corrected chi connectivity index (χ2v) is 7.76.